The lowest BCUT2D eigenvalue weighted by atomic mass is 10.1. The summed E-state index contributed by atoms with van der Waals surface area (Å²) in [5, 5.41) is 5.06. The summed E-state index contributed by atoms with van der Waals surface area (Å²) in [7, 11) is 1.66. The van der Waals surface area contributed by atoms with Gasteiger partial charge in [0.2, 0.25) is 0 Å². The number of hydrogen-bond acceptors (Lipinski definition) is 6. The molecule has 23 heavy (non-hydrogen) atoms. The van der Waals surface area contributed by atoms with Gasteiger partial charge in [-0.15, -0.1) is 0 Å². The molecule has 0 amide bonds. The SMILES string of the molecule is COc1ccc2sc(Nc3nc4c(C)cc(C)cc4s3)nc2c1. The predicted molar refractivity (Wildman–Crippen MR) is 98.5 cm³/mol. The van der Waals surface area contributed by atoms with Gasteiger partial charge < -0.3 is 10.1 Å². The number of aromatic nitrogens is 2. The second-order valence-corrected chi connectivity index (χ2v) is 7.49. The highest BCUT2D eigenvalue weighted by Crippen LogP contribution is 2.34. The number of hydrogen-bond donors (Lipinski definition) is 1. The van der Waals surface area contributed by atoms with Gasteiger partial charge in [0.1, 0.15) is 5.75 Å². The maximum Gasteiger partial charge on any atom is 0.190 e. The third-order valence-corrected chi connectivity index (χ3v) is 5.51. The van der Waals surface area contributed by atoms with Gasteiger partial charge in [0, 0.05) is 6.07 Å². The number of ether oxygens (including phenoxy) is 1. The molecule has 0 bridgehead atoms. The highest BCUT2D eigenvalue weighted by Gasteiger charge is 2.10. The summed E-state index contributed by atoms with van der Waals surface area (Å²) in [5.74, 6) is 0.820. The van der Waals surface area contributed by atoms with Crippen molar-refractivity contribution in [1.29, 1.82) is 0 Å². The van der Waals surface area contributed by atoms with Crippen LogP contribution in [0.3, 0.4) is 0 Å². The van der Waals surface area contributed by atoms with E-state index >= 15 is 0 Å². The van der Waals surface area contributed by atoms with Crippen LogP contribution >= 0.6 is 22.7 Å². The smallest absolute Gasteiger partial charge is 0.190 e. The van der Waals surface area contributed by atoms with Crippen molar-refractivity contribution in [2.45, 2.75) is 13.8 Å². The maximum absolute atomic E-state index is 5.25. The van der Waals surface area contributed by atoms with Crippen molar-refractivity contribution in [2.75, 3.05) is 12.4 Å². The van der Waals surface area contributed by atoms with Gasteiger partial charge in [0.05, 0.1) is 27.5 Å². The Hall–Kier alpha value is -2.18. The van der Waals surface area contributed by atoms with Crippen LogP contribution < -0.4 is 10.1 Å². The van der Waals surface area contributed by atoms with Crippen LogP contribution in [0.5, 0.6) is 5.75 Å². The molecule has 4 aromatic rings. The van der Waals surface area contributed by atoms with Crippen molar-refractivity contribution >= 4 is 53.4 Å². The lowest BCUT2D eigenvalue weighted by Gasteiger charge is -1.96. The molecule has 116 valence electrons. The fourth-order valence-electron chi connectivity index (χ4n) is 2.60. The van der Waals surface area contributed by atoms with E-state index in [1.807, 2.05) is 18.2 Å². The summed E-state index contributed by atoms with van der Waals surface area (Å²) in [6.45, 7) is 4.21. The highest BCUT2D eigenvalue weighted by molar-refractivity contribution is 7.24. The normalized spacial score (nSPS) is 11.3. The van der Waals surface area contributed by atoms with Crippen molar-refractivity contribution in [3.63, 3.8) is 0 Å². The maximum atomic E-state index is 5.25. The molecule has 2 heterocycles. The first kappa shape index (κ1) is 14.4. The minimum Gasteiger partial charge on any atom is -0.497 e. The quantitative estimate of drug-likeness (QED) is 0.551. The molecule has 4 rings (SSSR count). The molecule has 0 fully saturated rings. The largest absolute Gasteiger partial charge is 0.497 e. The second kappa shape index (κ2) is 5.47. The van der Waals surface area contributed by atoms with Crippen LogP contribution in [-0.4, -0.2) is 17.1 Å². The highest BCUT2D eigenvalue weighted by atomic mass is 32.1. The van der Waals surface area contributed by atoms with Crippen molar-refractivity contribution in [2.24, 2.45) is 0 Å². The number of rotatable bonds is 3. The second-order valence-electron chi connectivity index (χ2n) is 5.43. The number of benzene rings is 2. The molecule has 0 radical (unpaired) electrons. The molecule has 0 unspecified atom stereocenters. The minimum atomic E-state index is 0.820. The summed E-state index contributed by atoms with van der Waals surface area (Å²) < 4.78 is 7.58. The van der Waals surface area contributed by atoms with E-state index in [0.717, 1.165) is 31.7 Å². The van der Waals surface area contributed by atoms with Crippen LogP contribution in [0.25, 0.3) is 20.4 Å². The van der Waals surface area contributed by atoms with Gasteiger partial charge in [-0.2, -0.15) is 0 Å². The summed E-state index contributed by atoms with van der Waals surface area (Å²) in [6.07, 6.45) is 0. The van der Waals surface area contributed by atoms with Gasteiger partial charge in [0.25, 0.3) is 0 Å². The Morgan fingerprint density at radius 1 is 0.957 bits per heavy atom. The molecule has 0 aliphatic heterocycles. The number of aryl methyl sites for hydroxylation is 2. The lowest BCUT2D eigenvalue weighted by Crippen LogP contribution is -1.87. The number of methoxy groups -OCH3 is 1. The molecular weight excluding hydrogens is 326 g/mol. The van der Waals surface area contributed by atoms with E-state index in [4.69, 9.17) is 9.72 Å². The fourth-order valence-corrected chi connectivity index (χ4v) is 4.55. The van der Waals surface area contributed by atoms with Gasteiger partial charge in [-0.25, -0.2) is 9.97 Å². The van der Waals surface area contributed by atoms with Gasteiger partial charge in [0.15, 0.2) is 10.3 Å². The van der Waals surface area contributed by atoms with Gasteiger partial charge >= 0.3 is 0 Å². The molecule has 1 N–H and O–H groups in total. The van der Waals surface area contributed by atoms with Crippen LogP contribution in [0, 0.1) is 13.8 Å². The van der Waals surface area contributed by atoms with E-state index < -0.39 is 0 Å². The molecule has 2 aromatic carbocycles. The monoisotopic (exact) mass is 341 g/mol. The summed E-state index contributed by atoms with van der Waals surface area (Å²) >= 11 is 3.28. The topological polar surface area (TPSA) is 47.0 Å². The van der Waals surface area contributed by atoms with Crippen LogP contribution in [0.1, 0.15) is 11.1 Å². The molecule has 2 aromatic heterocycles. The predicted octanol–water partition coefficient (Wildman–Crippen LogP) is 5.28. The Labute approximate surface area is 141 Å². The van der Waals surface area contributed by atoms with E-state index in [1.165, 1.54) is 15.8 Å². The van der Waals surface area contributed by atoms with E-state index in [1.54, 1.807) is 29.8 Å². The fraction of sp³-hybridized carbons (Fsp3) is 0.176. The van der Waals surface area contributed by atoms with Gasteiger partial charge in [-0.3, -0.25) is 0 Å². The number of nitrogens with zero attached hydrogens (tertiary/aromatic N) is 2. The first-order valence-corrected chi connectivity index (χ1v) is 8.85. The molecule has 0 spiro atoms. The molecule has 0 aliphatic carbocycles. The average molecular weight is 341 g/mol. The molecule has 0 saturated carbocycles. The van der Waals surface area contributed by atoms with E-state index in [2.05, 4.69) is 36.3 Å². The van der Waals surface area contributed by atoms with Crippen LogP contribution in [0.4, 0.5) is 10.3 Å². The van der Waals surface area contributed by atoms with Gasteiger partial charge in [-0.05, 0) is 43.2 Å². The Balaban J connectivity index is 1.71. The summed E-state index contributed by atoms with van der Waals surface area (Å²) in [5.41, 5.74) is 4.46. The van der Waals surface area contributed by atoms with Crippen molar-refractivity contribution < 1.29 is 4.74 Å². The van der Waals surface area contributed by atoms with E-state index in [0.29, 0.717) is 0 Å². The Kier molecular flexibility index (Phi) is 3.43. The first-order valence-electron chi connectivity index (χ1n) is 7.22. The lowest BCUT2D eigenvalue weighted by molar-refractivity contribution is 0.415. The van der Waals surface area contributed by atoms with E-state index in [-0.39, 0.29) is 0 Å². The van der Waals surface area contributed by atoms with Crippen molar-refractivity contribution in [3.05, 3.63) is 41.5 Å². The zero-order valence-corrected chi connectivity index (χ0v) is 14.6. The summed E-state index contributed by atoms with van der Waals surface area (Å²) in [6, 6.07) is 10.3. The first-order chi connectivity index (χ1) is 11.1. The number of anilines is 2. The zero-order valence-electron chi connectivity index (χ0n) is 13.0. The molecule has 6 heteroatoms. The zero-order chi connectivity index (χ0) is 16.0. The minimum absolute atomic E-state index is 0.820. The number of fused-ring (bicyclic) bond motifs is 2. The third-order valence-electron chi connectivity index (χ3n) is 3.64. The van der Waals surface area contributed by atoms with Crippen molar-refractivity contribution in [3.8, 4) is 5.75 Å². The summed E-state index contributed by atoms with van der Waals surface area (Å²) in [4.78, 5) is 9.32. The Bertz CT molecular complexity index is 1020. The number of thiazole rings is 2. The Morgan fingerprint density at radius 2 is 1.74 bits per heavy atom. The number of nitrogens with one attached hydrogen (secondary N) is 1. The van der Waals surface area contributed by atoms with Crippen LogP contribution in [0.2, 0.25) is 0 Å². The molecular formula is C17H15N3OS2. The third kappa shape index (κ3) is 2.64. The molecule has 4 nitrogen and oxygen atoms in total. The molecule has 0 saturated heterocycles. The van der Waals surface area contributed by atoms with Crippen LogP contribution in [-0.2, 0) is 0 Å². The molecule has 0 atom stereocenters. The van der Waals surface area contributed by atoms with Crippen molar-refractivity contribution in [1.82, 2.24) is 9.97 Å². The average Bonchev–Trinajstić information content (AvgIpc) is 3.09. The molecule has 0 aliphatic rings. The standard InChI is InChI=1S/C17H15N3OS2/c1-9-6-10(2)15-14(7-9)23-17(19-15)20-16-18-12-8-11(21-3)4-5-13(12)22-16/h4-8H,1-3H3,(H,18,19,20). The van der Waals surface area contributed by atoms with Gasteiger partial charge in [-0.1, -0.05) is 28.7 Å². The van der Waals surface area contributed by atoms with Crippen LogP contribution in [0.15, 0.2) is 30.3 Å². The Morgan fingerprint density at radius 3 is 2.57 bits per heavy atom. The van der Waals surface area contributed by atoms with E-state index in [9.17, 15) is 0 Å².